The van der Waals surface area contributed by atoms with Gasteiger partial charge in [-0.2, -0.15) is 0 Å². The quantitative estimate of drug-likeness (QED) is 0.658. The van der Waals surface area contributed by atoms with E-state index in [1.54, 1.807) is 21.3 Å². The summed E-state index contributed by atoms with van der Waals surface area (Å²) >= 11 is 1.30. The third kappa shape index (κ3) is 3.90. The zero-order valence-electron chi connectivity index (χ0n) is 7.42. The van der Waals surface area contributed by atoms with E-state index in [9.17, 15) is 0 Å². The molecule has 0 amide bonds. The van der Waals surface area contributed by atoms with E-state index in [0.29, 0.717) is 0 Å². The fraction of sp³-hybridized carbons (Fsp3) is 1.00. The Bertz CT molecular complexity index is 89.6. The van der Waals surface area contributed by atoms with Crippen LogP contribution in [0.1, 0.15) is 6.42 Å². The van der Waals surface area contributed by atoms with E-state index in [0.717, 1.165) is 12.5 Å². The summed E-state index contributed by atoms with van der Waals surface area (Å²) in [6.07, 6.45) is 1.16. The minimum absolute atomic E-state index is 0.942. The third-order valence-corrected chi connectivity index (χ3v) is 5.62. The number of hydrogen-bond acceptors (Lipinski definition) is 3. The normalized spacial score (nSPS) is 12.0. The van der Waals surface area contributed by atoms with E-state index in [-0.39, 0.29) is 0 Å². The van der Waals surface area contributed by atoms with Gasteiger partial charge in [-0.1, -0.05) is 0 Å². The van der Waals surface area contributed by atoms with Gasteiger partial charge in [0, 0.05) is 0 Å². The molecule has 11 heavy (non-hydrogen) atoms. The second-order valence-corrected chi connectivity index (χ2v) is 6.93. The van der Waals surface area contributed by atoms with Crippen LogP contribution >= 0.6 is 0 Å². The monoisotopic (exact) mass is 286 g/mol. The van der Waals surface area contributed by atoms with Gasteiger partial charge in [-0.3, -0.25) is 0 Å². The van der Waals surface area contributed by atoms with E-state index < -0.39 is 8.80 Å². The molecule has 68 valence electrons. The average Bonchev–Trinajstić information content (AvgIpc) is 2.08. The van der Waals surface area contributed by atoms with Crippen LogP contribution in [0.2, 0.25) is 10.4 Å². The zero-order chi connectivity index (χ0) is 8.74. The van der Waals surface area contributed by atoms with E-state index >= 15 is 0 Å². The molecule has 0 aliphatic rings. The number of hydrogen-bond donors (Lipinski definition) is 0. The fourth-order valence-corrected chi connectivity index (χ4v) is 4.37. The van der Waals surface area contributed by atoms with Gasteiger partial charge in [0.1, 0.15) is 0 Å². The molecular weight excluding hydrogens is 270 g/mol. The zero-order valence-corrected chi connectivity index (χ0v) is 11.7. The third-order valence-electron chi connectivity index (χ3n) is 1.62. The molecule has 0 aromatic heterocycles. The molecule has 0 radical (unpaired) electrons. The Kier molecular flexibility index (Phi) is 6.97. The Labute approximate surface area is 83.3 Å². The van der Waals surface area contributed by atoms with Crippen molar-refractivity contribution >= 4 is 31.8 Å². The standard InChI is InChI=1S/C6H15O3Si.Sb.2H/c1-5-6-10(7-2,8-3)9-4;;;/h1,5-6H2,2-4H3;;;. The topological polar surface area (TPSA) is 27.7 Å². The van der Waals surface area contributed by atoms with Crippen LogP contribution in [0.4, 0.5) is 0 Å². The second kappa shape index (κ2) is 6.43. The molecule has 5 heteroatoms. The SMILES string of the molecule is CO[Si](CC[CH2][SbH2])(OC)OC. The summed E-state index contributed by atoms with van der Waals surface area (Å²) in [5.41, 5.74) is 0. The molecule has 3 nitrogen and oxygen atoms in total. The molecule has 0 unspecified atom stereocenters. The Morgan fingerprint density at radius 2 is 1.55 bits per heavy atom. The Morgan fingerprint density at radius 3 is 1.82 bits per heavy atom. The summed E-state index contributed by atoms with van der Waals surface area (Å²) in [4.78, 5) is 0. The first kappa shape index (κ1) is 11.9. The van der Waals surface area contributed by atoms with E-state index in [4.69, 9.17) is 13.3 Å². The molecule has 0 aromatic carbocycles. The predicted molar refractivity (Wildman–Crippen MR) is 49.6 cm³/mol. The summed E-state index contributed by atoms with van der Waals surface area (Å²) in [6.45, 7) is 0. The van der Waals surface area contributed by atoms with Crippen molar-refractivity contribution in [3.63, 3.8) is 0 Å². The van der Waals surface area contributed by atoms with Crippen LogP contribution in [0.3, 0.4) is 0 Å². The first-order valence-electron chi connectivity index (χ1n) is 3.60. The molecule has 0 bridgehead atoms. The Morgan fingerprint density at radius 1 is 1.09 bits per heavy atom. The van der Waals surface area contributed by atoms with Crippen molar-refractivity contribution < 1.29 is 13.3 Å². The van der Waals surface area contributed by atoms with Gasteiger partial charge in [-0.15, -0.1) is 0 Å². The molecule has 0 N–H and O–H groups in total. The summed E-state index contributed by atoms with van der Waals surface area (Å²) in [5, 5.41) is 0. The summed E-state index contributed by atoms with van der Waals surface area (Å²) in [5.74, 6) is 0. The van der Waals surface area contributed by atoms with Gasteiger partial charge in [0.15, 0.2) is 0 Å². The predicted octanol–water partition coefficient (Wildman–Crippen LogP) is 0.306. The van der Waals surface area contributed by atoms with Gasteiger partial charge in [0.05, 0.1) is 0 Å². The molecule has 0 saturated carbocycles. The minimum atomic E-state index is -2.22. The van der Waals surface area contributed by atoms with Crippen molar-refractivity contribution in [2.75, 3.05) is 21.3 Å². The fourth-order valence-electron chi connectivity index (χ4n) is 0.875. The van der Waals surface area contributed by atoms with Crippen LogP contribution in [-0.4, -0.2) is 53.2 Å². The van der Waals surface area contributed by atoms with Crippen molar-refractivity contribution in [3.05, 3.63) is 0 Å². The van der Waals surface area contributed by atoms with E-state index in [1.165, 1.54) is 27.4 Å². The van der Waals surface area contributed by atoms with Gasteiger partial charge in [0.25, 0.3) is 0 Å². The maximum absolute atomic E-state index is 5.25. The number of rotatable bonds is 6. The molecular formula is C6H17O3SbSi. The molecule has 0 fully saturated rings. The van der Waals surface area contributed by atoms with E-state index in [2.05, 4.69) is 0 Å². The molecule has 0 spiro atoms. The molecule has 0 rings (SSSR count). The van der Waals surface area contributed by atoms with Gasteiger partial charge >= 0.3 is 83.3 Å². The molecule has 0 aliphatic heterocycles. The first-order chi connectivity index (χ1) is 5.24. The Hall–Kier alpha value is 0.915. The molecule has 0 aliphatic carbocycles. The van der Waals surface area contributed by atoms with Crippen LogP contribution in [0, 0.1) is 0 Å². The van der Waals surface area contributed by atoms with Gasteiger partial charge < -0.3 is 0 Å². The van der Waals surface area contributed by atoms with E-state index in [1.807, 2.05) is 0 Å². The first-order valence-corrected chi connectivity index (χ1v) is 7.86. The molecule has 0 aromatic rings. The van der Waals surface area contributed by atoms with Crippen molar-refractivity contribution in [2.24, 2.45) is 0 Å². The van der Waals surface area contributed by atoms with Gasteiger partial charge in [-0.25, -0.2) is 0 Å². The summed E-state index contributed by atoms with van der Waals surface area (Å²) < 4.78 is 17.0. The van der Waals surface area contributed by atoms with Crippen LogP contribution in [0.5, 0.6) is 0 Å². The maximum atomic E-state index is 5.25. The Balaban J connectivity index is 3.84. The van der Waals surface area contributed by atoms with Crippen LogP contribution in [0.15, 0.2) is 0 Å². The second-order valence-electron chi connectivity index (χ2n) is 2.19. The van der Waals surface area contributed by atoms with Crippen LogP contribution < -0.4 is 0 Å². The van der Waals surface area contributed by atoms with Crippen molar-refractivity contribution in [2.45, 2.75) is 16.8 Å². The summed E-state index contributed by atoms with van der Waals surface area (Å²) in [6, 6.07) is 0.942. The van der Waals surface area contributed by atoms with Crippen molar-refractivity contribution in [1.82, 2.24) is 0 Å². The van der Waals surface area contributed by atoms with Crippen molar-refractivity contribution in [1.29, 1.82) is 0 Å². The van der Waals surface area contributed by atoms with Crippen LogP contribution in [-0.2, 0) is 13.3 Å². The summed E-state index contributed by atoms with van der Waals surface area (Å²) in [7, 11) is 2.76. The van der Waals surface area contributed by atoms with Gasteiger partial charge in [0.2, 0.25) is 0 Å². The molecule has 0 saturated heterocycles. The molecule has 0 heterocycles. The average molecular weight is 287 g/mol. The van der Waals surface area contributed by atoms with Crippen LogP contribution in [0.25, 0.3) is 0 Å². The van der Waals surface area contributed by atoms with Gasteiger partial charge in [-0.05, 0) is 0 Å². The molecule has 0 atom stereocenters. The van der Waals surface area contributed by atoms with Crippen molar-refractivity contribution in [3.8, 4) is 0 Å².